The van der Waals surface area contributed by atoms with Crippen molar-refractivity contribution >= 4 is 34.2 Å². The van der Waals surface area contributed by atoms with E-state index in [2.05, 4.69) is 0 Å². The summed E-state index contributed by atoms with van der Waals surface area (Å²) in [6.07, 6.45) is 4.11. The Hall–Kier alpha value is -2.05. The number of anilines is 1. The van der Waals surface area contributed by atoms with Crippen LogP contribution in [0.4, 0.5) is 5.69 Å². The first-order chi connectivity index (χ1) is 14.6. The summed E-state index contributed by atoms with van der Waals surface area (Å²) in [5.74, 6) is 1.23. The van der Waals surface area contributed by atoms with E-state index >= 15 is 0 Å². The Kier molecular flexibility index (Phi) is 6.64. The van der Waals surface area contributed by atoms with Crippen LogP contribution in [0.1, 0.15) is 54.6 Å². The summed E-state index contributed by atoms with van der Waals surface area (Å²) in [5, 5.41) is 0.665. The van der Waals surface area contributed by atoms with Crippen molar-refractivity contribution in [2.45, 2.75) is 38.6 Å². The number of hydrogen-bond donors (Lipinski definition) is 0. The van der Waals surface area contributed by atoms with Gasteiger partial charge in [-0.2, -0.15) is 0 Å². The normalized spacial score (nSPS) is 19.7. The second-order valence-corrected chi connectivity index (χ2v) is 9.65. The summed E-state index contributed by atoms with van der Waals surface area (Å²) in [6.45, 7) is 4.01. The topological polar surface area (TPSA) is 49.9 Å². The van der Waals surface area contributed by atoms with Crippen LogP contribution in [-0.4, -0.2) is 40.5 Å². The van der Waals surface area contributed by atoms with Crippen molar-refractivity contribution in [3.8, 4) is 5.75 Å². The van der Waals surface area contributed by atoms with Crippen molar-refractivity contribution in [2.75, 3.05) is 29.8 Å². The highest BCUT2D eigenvalue weighted by Crippen LogP contribution is 2.41. The van der Waals surface area contributed by atoms with Gasteiger partial charge in [-0.05, 0) is 61.6 Å². The van der Waals surface area contributed by atoms with Crippen LogP contribution < -0.4 is 9.04 Å². The van der Waals surface area contributed by atoms with E-state index in [1.165, 1.54) is 6.42 Å². The van der Waals surface area contributed by atoms with Crippen LogP contribution in [0.15, 0.2) is 42.5 Å². The number of piperidine rings is 1. The smallest absolute Gasteiger partial charge is 0.253 e. The molecule has 4 rings (SSSR count). The van der Waals surface area contributed by atoms with Crippen molar-refractivity contribution in [1.82, 2.24) is 4.90 Å². The fourth-order valence-corrected chi connectivity index (χ4v) is 5.58. The number of amides is 1. The molecule has 0 aromatic heterocycles. The number of carbonyl (C=O) groups is 1. The van der Waals surface area contributed by atoms with Gasteiger partial charge in [-0.3, -0.25) is 9.10 Å². The maximum Gasteiger partial charge on any atom is 0.253 e. The van der Waals surface area contributed by atoms with E-state index in [9.17, 15) is 9.00 Å². The molecule has 5 nitrogen and oxygen atoms in total. The average molecular weight is 447 g/mol. The van der Waals surface area contributed by atoms with Gasteiger partial charge in [0.25, 0.3) is 5.91 Å². The summed E-state index contributed by atoms with van der Waals surface area (Å²) in [6, 6.07) is 12.9. The predicted molar refractivity (Wildman–Crippen MR) is 122 cm³/mol. The van der Waals surface area contributed by atoms with Crippen LogP contribution in [0.3, 0.4) is 0 Å². The lowest BCUT2D eigenvalue weighted by atomic mass is 10.0. The van der Waals surface area contributed by atoms with E-state index in [4.69, 9.17) is 16.3 Å². The van der Waals surface area contributed by atoms with Gasteiger partial charge < -0.3 is 9.64 Å². The van der Waals surface area contributed by atoms with Gasteiger partial charge in [-0.1, -0.05) is 30.7 Å². The van der Waals surface area contributed by atoms with Gasteiger partial charge >= 0.3 is 0 Å². The highest BCUT2D eigenvalue weighted by Gasteiger charge is 2.33. The summed E-state index contributed by atoms with van der Waals surface area (Å²) in [5.41, 5.74) is 2.40. The molecule has 0 radical (unpaired) electrons. The minimum Gasteiger partial charge on any atom is -0.489 e. The van der Waals surface area contributed by atoms with Crippen LogP contribution >= 0.6 is 11.6 Å². The zero-order valence-electron chi connectivity index (χ0n) is 17.2. The van der Waals surface area contributed by atoms with Crippen molar-refractivity contribution in [1.29, 1.82) is 0 Å². The second-order valence-electron chi connectivity index (χ2n) is 7.77. The van der Waals surface area contributed by atoms with Crippen LogP contribution in [0.25, 0.3) is 0 Å². The number of carbonyl (C=O) groups excluding carboxylic acids is 1. The third-order valence-corrected chi connectivity index (χ3v) is 7.52. The lowest BCUT2D eigenvalue weighted by Crippen LogP contribution is -2.39. The lowest BCUT2D eigenvalue weighted by Gasteiger charge is -2.38. The molecule has 2 heterocycles. The monoisotopic (exact) mass is 446 g/mol. The van der Waals surface area contributed by atoms with E-state index in [1.807, 2.05) is 52.5 Å². The highest BCUT2D eigenvalue weighted by molar-refractivity contribution is 7.86. The Bertz CT molecular complexity index is 929. The average Bonchev–Trinajstić information content (AvgIpc) is 2.78. The number of ether oxygens (including phenoxy) is 1. The maximum absolute atomic E-state index is 13.2. The summed E-state index contributed by atoms with van der Waals surface area (Å²) in [4.78, 5) is 14.8. The molecule has 2 atom stereocenters. The van der Waals surface area contributed by atoms with Crippen LogP contribution in [-0.2, 0) is 11.0 Å². The second kappa shape index (κ2) is 9.40. The Balaban J connectivity index is 1.66. The van der Waals surface area contributed by atoms with E-state index < -0.39 is 11.0 Å². The van der Waals surface area contributed by atoms with Crippen LogP contribution in [0, 0.1) is 0 Å². The van der Waals surface area contributed by atoms with Crippen molar-refractivity contribution < 1.29 is 13.7 Å². The number of hydrogen-bond acceptors (Lipinski definition) is 3. The fraction of sp³-hybridized carbons (Fsp3) is 0.435. The minimum atomic E-state index is -1.20. The molecule has 2 aliphatic rings. The van der Waals surface area contributed by atoms with Gasteiger partial charge in [0.05, 0.1) is 5.69 Å². The van der Waals surface area contributed by atoms with Gasteiger partial charge in [0.1, 0.15) is 29.4 Å². The standard InChI is InChI=1S/C23H27ClN2O3S/c1-2-14-30(28)26-20-11-8-18(23(27)25-12-4-3-5-13-25)15-22(20)29-16-21(26)17-6-9-19(24)10-7-17/h6-11,15,21H,2-5,12-14,16H2,1H3. The molecule has 0 saturated carbocycles. The third kappa shape index (κ3) is 4.35. The number of halogens is 1. The highest BCUT2D eigenvalue weighted by atomic mass is 35.5. The largest absolute Gasteiger partial charge is 0.489 e. The van der Waals surface area contributed by atoms with Gasteiger partial charge in [0.2, 0.25) is 0 Å². The first kappa shape index (κ1) is 21.2. The molecule has 2 aliphatic heterocycles. The molecular weight excluding hydrogens is 420 g/mol. The van der Waals surface area contributed by atoms with Gasteiger partial charge in [0, 0.05) is 29.4 Å². The zero-order chi connectivity index (χ0) is 21.1. The Morgan fingerprint density at radius 2 is 1.87 bits per heavy atom. The molecule has 1 fully saturated rings. The van der Waals surface area contributed by atoms with Gasteiger partial charge in [0.15, 0.2) is 0 Å². The zero-order valence-corrected chi connectivity index (χ0v) is 18.8. The molecule has 0 spiro atoms. The first-order valence-electron chi connectivity index (χ1n) is 10.6. The fourth-order valence-electron chi connectivity index (χ4n) is 4.07. The Labute approximate surface area is 185 Å². The van der Waals surface area contributed by atoms with Gasteiger partial charge in [-0.25, -0.2) is 4.21 Å². The van der Waals surface area contributed by atoms with E-state index in [0.29, 0.717) is 28.7 Å². The molecule has 0 aliphatic carbocycles. The molecule has 30 heavy (non-hydrogen) atoms. The van der Waals surface area contributed by atoms with Crippen molar-refractivity contribution in [3.05, 3.63) is 58.6 Å². The summed E-state index contributed by atoms with van der Waals surface area (Å²) in [7, 11) is -1.20. The maximum atomic E-state index is 13.2. The minimum absolute atomic E-state index is 0.0437. The number of rotatable bonds is 5. The Morgan fingerprint density at radius 3 is 2.57 bits per heavy atom. The molecule has 1 amide bonds. The molecule has 7 heteroatoms. The molecule has 2 aromatic carbocycles. The number of benzene rings is 2. The van der Waals surface area contributed by atoms with Crippen LogP contribution in [0.2, 0.25) is 5.02 Å². The van der Waals surface area contributed by atoms with E-state index in [0.717, 1.165) is 43.6 Å². The molecule has 1 saturated heterocycles. The van der Waals surface area contributed by atoms with E-state index in [1.54, 1.807) is 6.07 Å². The van der Waals surface area contributed by atoms with Crippen molar-refractivity contribution in [3.63, 3.8) is 0 Å². The van der Waals surface area contributed by atoms with Crippen molar-refractivity contribution in [2.24, 2.45) is 0 Å². The molecule has 2 aromatic rings. The predicted octanol–water partition coefficient (Wildman–Crippen LogP) is 4.98. The number of nitrogens with zero attached hydrogens (tertiary/aromatic N) is 2. The molecule has 0 bridgehead atoms. The SMILES string of the molecule is CCCS(=O)N1c2ccc(C(=O)N3CCCCC3)cc2OCC1c1ccc(Cl)cc1. The summed E-state index contributed by atoms with van der Waals surface area (Å²) >= 11 is 6.05. The molecule has 160 valence electrons. The lowest BCUT2D eigenvalue weighted by molar-refractivity contribution is 0.0724. The quantitative estimate of drug-likeness (QED) is 0.650. The van der Waals surface area contributed by atoms with E-state index in [-0.39, 0.29) is 11.9 Å². The summed E-state index contributed by atoms with van der Waals surface area (Å²) < 4.78 is 21.2. The number of likely N-dealkylation sites (tertiary alicyclic amines) is 1. The van der Waals surface area contributed by atoms with Crippen LogP contribution in [0.5, 0.6) is 5.75 Å². The first-order valence-corrected chi connectivity index (χ1v) is 12.2. The number of fused-ring (bicyclic) bond motifs is 1. The third-order valence-electron chi connectivity index (χ3n) is 5.62. The Morgan fingerprint density at radius 1 is 1.13 bits per heavy atom. The molecule has 2 unspecified atom stereocenters. The molecule has 0 N–H and O–H groups in total. The van der Waals surface area contributed by atoms with Gasteiger partial charge in [-0.15, -0.1) is 0 Å². The molecular formula is C23H27ClN2O3S.